The maximum atomic E-state index is 11.7. The van der Waals surface area contributed by atoms with Gasteiger partial charge in [-0.05, 0) is 26.3 Å². The van der Waals surface area contributed by atoms with Crippen molar-refractivity contribution in [1.82, 2.24) is 10.2 Å². The van der Waals surface area contributed by atoms with Gasteiger partial charge in [-0.2, -0.15) is 0 Å². The van der Waals surface area contributed by atoms with Crippen LogP contribution in [0.4, 0.5) is 0 Å². The monoisotopic (exact) mass is 229 g/mol. The van der Waals surface area contributed by atoms with E-state index in [1.165, 1.54) is 0 Å². The number of rotatable bonds is 5. The fraction of sp³-hybridized carbons (Fsp3) is 0.909. The summed E-state index contributed by atoms with van der Waals surface area (Å²) in [6.07, 6.45) is 2.15. The van der Waals surface area contributed by atoms with Crippen LogP contribution >= 0.6 is 0 Å². The average Bonchev–Trinajstić information content (AvgIpc) is 2.17. The molecule has 0 aliphatic carbocycles. The largest absolute Gasteiger partial charge is 0.383 e. The summed E-state index contributed by atoms with van der Waals surface area (Å²) in [5, 5.41) is 2.90. The first-order valence-electron chi connectivity index (χ1n) is 5.88. The fourth-order valence-electron chi connectivity index (χ4n) is 2.05. The summed E-state index contributed by atoms with van der Waals surface area (Å²) >= 11 is 0. The van der Waals surface area contributed by atoms with Crippen LogP contribution in [0.1, 0.15) is 19.8 Å². The van der Waals surface area contributed by atoms with Crippen molar-refractivity contribution in [3.8, 4) is 0 Å². The second-order valence-corrected chi connectivity index (χ2v) is 4.56. The molecule has 0 spiro atoms. The van der Waals surface area contributed by atoms with Gasteiger partial charge in [0.1, 0.15) is 0 Å². The third-order valence-electron chi connectivity index (χ3n) is 2.73. The molecule has 0 aromatic carbocycles. The molecule has 1 amide bonds. The second kappa shape index (κ2) is 6.83. The van der Waals surface area contributed by atoms with Crippen LogP contribution in [0.25, 0.3) is 0 Å². The van der Waals surface area contributed by atoms with Crippen LogP contribution in [0.2, 0.25) is 0 Å². The number of nitrogens with two attached hydrogens (primary N) is 1. The van der Waals surface area contributed by atoms with Crippen molar-refractivity contribution in [2.45, 2.75) is 31.8 Å². The van der Waals surface area contributed by atoms with Gasteiger partial charge in [-0.3, -0.25) is 9.69 Å². The van der Waals surface area contributed by atoms with Gasteiger partial charge in [0.05, 0.1) is 13.2 Å². The van der Waals surface area contributed by atoms with Crippen LogP contribution in [0, 0.1) is 0 Å². The quantitative estimate of drug-likeness (QED) is 0.671. The van der Waals surface area contributed by atoms with Gasteiger partial charge in [0, 0.05) is 25.7 Å². The Labute approximate surface area is 97.3 Å². The van der Waals surface area contributed by atoms with Crippen molar-refractivity contribution < 1.29 is 9.53 Å². The fourth-order valence-corrected chi connectivity index (χ4v) is 2.05. The van der Waals surface area contributed by atoms with E-state index in [0.29, 0.717) is 13.2 Å². The Balaban J connectivity index is 2.22. The number of carbonyl (C=O) groups excluding carboxylic acids is 1. The molecule has 0 bridgehead atoms. The van der Waals surface area contributed by atoms with E-state index in [4.69, 9.17) is 10.5 Å². The molecule has 16 heavy (non-hydrogen) atoms. The SMILES string of the molecule is COCC(C)NC(=O)CN1CCCC(N)C1. The first-order chi connectivity index (χ1) is 7.61. The highest BCUT2D eigenvalue weighted by atomic mass is 16.5. The number of nitrogens with one attached hydrogen (secondary N) is 1. The first kappa shape index (κ1) is 13.4. The first-order valence-corrected chi connectivity index (χ1v) is 5.88. The highest BCUT2D eigenvalue weighted by Crippen LogP contribution is 2.07. The Bertz CT molecular complexity index is 223. The normalized spacial score (nSPS) is 24.1. The number of ether oxygens (including phenoxy) is 1. The van der Waals surface area contributed by atoms with Crippen LogP contribution in [0.15, 0.2) is 0 Å². The predicted molar refractivity (Wildman–Crippen MR) is 63.1 cm³/mol. The number of amides is 1. The molecule has 3 N–H and O–H groups in total. The summed E-state index contributed by atoms with van der Waals surface area (Å²) in [6.45, 7) is 4.72. The molecule has 1 aliphatic rings. The molecule has 0 aromatic heterocycles. The molecular formula is C11H23N3O2. The second-order valence-electron chi connectivity index (χ2n) is 4.56. The molecular weight excluding hydrogens is 206 g/mol. The lowest BCUT2D eigenvalue weighted by Gasteiger charge is -2.30. The summed E-state index contributed by atoms with van der Waals surface area (Å²) in [5.74, 6) is 0.0543. The summed E-state index contributed by atoms with van der Waals surface area (Å²) in [5.41, 5.74) is 5.86. The van der Waals surface area contributed by atoms with E-state index < -0.39 is 0 Å². The standard InChI is InChI=1S/C11H23N3O2/c1-9(8-16-2)13-11(15)7-14-5-3-4-10(12)6-14/h9-10H,3-8,12H2,1-2H3,(H,13,15). The van der Waals surface area contributed by atoms with Crippen molar-refractivity contribution in [2.75, 3.05) is 33.4 Å². The Morgan fingerprint density at radius 2 is 2.44 bits per heavy atom. The van der Waals surface area contributed by atoms with Crippen molar-refractivity contribution in [2.24, 2.45) is 5.73 Å². The van der Waals surface area contributed by atoms with Gasteiger partial charge in [-0.25, -0.2) is 0 Å². The lowest BCUT2D eigenvalue weighted by atomic mass is 10.1. The molecule has 5 nitrogen and oxygen atoms in total. The smallest absolute Gasteiger partial charge is 0.234 e. The van der Waals surface area contributed by atoms with Crippen LogP contribution in [-0.4, -0.2) is 56.2 Å². The Hall–Kier alpha value is -0.650. The minimum absolute atomic E-state index is 0.0543. The minimum Gasteiger partial charge on any atom is -0.383 e. The Morgan fingerprint density at radius 1 is 1.69 bits per heavy atom. The molecule has 1 saturated heterocycles. The van der Waals surface area contributed by atoms with Gasteiger partial charge in [0.15, 0.2) is 0 Å². The zero-order chi connectivity index (χ0) is 12.0. The Morgan fingerprint density at radius 3 is 3.06 bits per heavy atom. The number of carbonyl (C=O) groups is 1. The van der Waals surface area contributed by atoms with Crippen molar-refractivity contribution in [3.63, 3.8) is 0 Å². The molecule has 94 valence electrons. The van der Waals surface area contributed by atoms with Crippen LogP contribution in [0.3, 0.4) is 0 Å². The summed E-state index contributed by atoms with van der Waals surface area (Å²) in [4.78, 5) is 13.8. The van der Waals surface area contributed by atoms with Crippen LogP contribution < -0.4 is 11.1 Å². The minimum atomic E-state index is 0.0543. The van der Waals surface area contributed by atoms with Gasteiger partial charge in [-0.15, -0.1) is 0 Å². The molecule has 1 rings (SSSR count). The number of piperidine rings is 1. The number of nitrogens with zero attached hydrogens (tertiary/aromatic N) is 1. The highest BCUT2D eigenvalue weighted by Gasteiger charge is 2.19. The van der Waals surface area contributed by atoms with Gasteiger partial charge >= 0.3 is 0 Å². The van der Waals surface area contributed by atoms with Crippen molar-refractivity contribution in [1.29, 1.82) is 0 Å². The third-order valence-corrected chi connectivity index (χ3v) is 2.73. The molecule has 0 aromatic rings. The van der Waals surface area contributed by atoms with Gasteiger partial charge in [-0.1, -0.05) is 0 Å². The van der Waals surface area contributed by atoms with E-state index in [2.05, 4.69) is 10.2 Å². The lowest BCUT2D eigenvalue weighted by Crippen LogP contribution is -2.48. The van der Waals surface area contributed by atoms with Crippen molar-refractivity contribution in [3.05, 3.63) is 0 Å². The van der Waals surface area contributed by atoms with Gasteiger partial charge in [0.2, 0.25) is 5.91 Å². The summed E-state index contributed by atoms with van der Waals surface area (Å²) in [6, 6.07) is 0.286. The van der Waals surface area contributed by atoms with E-state index in [1.807, 2.05) is 6.92 Å². The molecule has 5 heteroatoms. The summed E-state index contributed by atoms with van der Waals surface area (Å²) in [7, 11) is 1.63. The topological polar surface area (TPSA) is 67.6 Å². The Kier molecular flexibility index (Phi) is 5.73. The van der Waals surface area contributed by atoms with E-state index in [9.17, 15) is 4.79 Å². The van der Waals surface area contributed by atoms with Crippen molar-refractivity contribution >= 4 is 5.91 Å². The lowest BCUT2D eigenvalue weighted by molar-refractivity contribution is -0.123. The maximum Gasteiger partial charge on any atom is 0.234 e. The molecule has 1 heterocycles. The predicted octanol–water partition coefficient (Wildman–Crippen LogP) is -0.439. The number of likely N-dealkylation sites (tertiary alicyclic amines) is 1. The number of hydrogen-bond donors (Lipinski definition) is 2. The summed E-state index contributed by atoms with van der Waals surface area (Å²) < 4.78 is 4.96. The van der Waals surface area contributed by atoms with Gasteiger partial charge < -0.3 is 15.8 Å². The molecule has 0 radical (unpaired) electrons. The molecule has 0 saturated carbocycles. The van der Waals surface area contributed by atoms with E-state index in [-0.39, 0.29) is 18.0 Å². The zero-order valence-corrected chi connectivity index (χ0v) is 10.2. The molecule has 2 unspecified atom stereocenters. The van der Waals surface area contributed by atoms with E-state index >= 15 is 0 Å². The van der Waals surface area contributed by atoms with E-state index in [0.717, 1.165) is 25.9 Å². The van der Waals surface area contributed by atoms with Gasteiger partial charge in [0.25, 0.3) is 0 Å². The average molecular weight is 229 g/mol. The zero-order valence-electron chi connectivity index (χ0n) is 10.2. The van der Waals surface area contributed by atoms with Crippen LogP contribution in [-0.2, 0) is 9.53 Å². The highest BCUT2D eigenvalue weighted by molar-refractivity contribution is 5.78. The molecule has 1 fully saturated rings. The van der Waals surface area contributed by atoms with Crippen LogP contribution in [0.5, 0.6) is 0 Å². The maximum absolute atomic E-state index is 11.7. The molecule has 2 atom stereocenters. The number of methoxy groups -OCH3 is 1. The third kappa shape index (κ3) is 4.92. The van der Waals surface area contributed by atoms with E-state index in [1.54, 1.807) is 7.11 Å². The number of hydrogen-bond acceptors (Lipinski definition) is 4. The molecule has 1 aliphatic heterocycles.